The number of halogens is 1. The van der Waals surface area contributed by atoms with Gasteiger partial charge in [0.25, 0.3) is 5.91 Å². The molecule has 2 rings (SSSR count). The molecule has 5 nitrogen and oxygen atoms in total. The summed E-state index contributed by atoms with van der Waals surface area (Å²) < 4.78 is 5.57. The second-order valence-electron chi connectivity index (χ2n) is 5.29. The lowest BCUT2D eigenvalue weighted by Crippen LogP contribution is -2.29. The average molecular weight is 335 g/mol. The average Bonchev–Trinajstić information content (AvgIpc) is 2.53. The summed E-state index contributed by atoms with van der Waals surface area (Å²) in [6, 6.07) is 10.2. The fourth-order valence-corrected chi connectivity index (χ4v) is 2.11. The van der Waals surface area contributed by atoms with E-state index < -0.39 is 12.0 Å². The van der Waals surface area contributed by atoms with E-state index in [4.69, 9.17) is 16.3 Å². The molecular formula is C17H19ClN2O3. The summed E-state index contributed by atoms with van der Waals surface area (Å²) >= 11 is 5.81. The summed E-state index contributed by atoms with van der Waals surface area (Å²) in [5, 5.41) is 13.4. The highest BCUT2D eigenvalue weighted by Gasteiger charge is 2.16. The van der Waals surface area contributed by atoms with Crippen LogP contribution in [0, 0.1) is 0 Å². The first-order valence-electron chi connectivity index (χ1n) is 7.30. The number of benzene rings is 1. The van der Waals surface area contributed by atoms with Crippen LogP contribution in [0.3, 0.4) is 0 Å². The second-order valence-corrected chi connectivity index (χ2v) is 5.73. The molecule has 0 saturated heterocycles. The molecule has 122 valence electrons. The van der Waals surface area contributed by atoms with Gasteiger partial charge in [0.05, 0.1) is 12.2 Å². The molecule has 1 unspecified atom stereocenters. The van der Waals surface area contributed by atoms with Crippen LogP contribution in [-0.2, 0) is 0 Å². The van der Waals surface area contributed by atoms with Crippen LogP contribution < -0.4 is 10.1 Å². The Morgan fingerprint density at radius 1 is 1.30 bits per heavy atom. The monoisotopic (exact) mass is 334 g/mol. The molecule has 1 amide bonds. The first-order chi connectivity index (χ1) is 11.0. The number of carbonyl (C=O) groups is 1. The third-order valence-corrected chi connectivity index (χ3v) is 3.31. The highest BCUT2D eigenvalue weighted by molar-refractivity contribution is 6.30. The van der Waals surface area contributed by atoms with Gasteiger partial charge >= 0.3 is 0 Å². The molecule has 0 spiro atoms. The smallest absolute Gasteiger partial charge is 0.273 e. The Morgan fingerprint density at radius 3 is 2.65 bits per heavy atom. The molecule has 0 radical (unpaired) electrons. The number of nitrogens with zero attached hydrogens (tertiary/aromatic N) is 1. The summed E-state index contributed by atoms with van der Waals surface area (Å²) in [4.78, 5) is 16.3. The molecule has 0 saturated carbocycles. The zero-order valence-electron chi connectivity index (χ0n) is 13.0. The van der Waals surface area contributed by atoms with Crippen molar-refractivity contribution < 1.29 is 14.6 Å². The number of nitrogens with one attached hydrogen (secondary N) is 1. The number of hydrogen-bond acceptors (Lipinski definition) is 4. The Bertz CT molecular complexity index is 659. The molecule has 1 aromatic carbocycles. The van der Waals surface area contributed by atoms with Crippen LogP contribution in [0.1, 0.15) is 36.0 Å². The molecule has 1 heterocycles. The maximum Gasteiger partial charge on any atom is 0.273 e. The van der Waals surface area contributed by atoms with Gasteiger partial charge in [-0.1, -0.05) is 23.7 Å². The van der Waals surface area contributed by atoms with Crippen LogP contribution in [0.2, 0.25) is 5.02 Å². The van der Waals surface area contributed by atoms with Crippen molar-refractivity contribution in [3.05, 3.63) is 58.9 Å². The van der Waals surface area contributed by atoms with Crippen molar-refractivity contribution in [1.29, 1.82) is 0 Å². The lowest BCUT2D eigenvalue weighted by Gasteiger charge is -2.15. The van der Waals surface area contributed by atoms with E-state index in [9.17, 15) is 9.90 Å². The number of carbonyl (C=O) groups excluding carboxylic acids is 1. The fraction of sp³-hybridized carbons (Fsp3) is 0.294. The van der Waals surface area contributed by atoms with E-state index in [0.29, 0.717) is 16.3 Å². The number of aromatic nitrogens is 1. The quantitative estimate of drug-likeness (QED) is 0.852. The fourth-order valence-electron chi connectivity index (χ4n) is 1.99. The number of rotatable bonds is 6. The minimum atomic E-state index is -0.825. The van der Waals surface area contributed by atoms with Crippen LogP contribution in [0.15, 0.2) is 42.6 Å². The van der Waals surface area contributed by atoms with Gasteiger partial charge in [0.1, 0.15) is 0 Å². The van der Waals surface area contributed by atoms with Crippen molar-refractivity contribution >= 4 is 17.5 Å². The third kappa shape index (κ3) is 4.94. The Kier molecular flexibility index (Phi) is 5.96. The largest absolute Gasteiger partial charge is 0.489 e. The number of aliphatic hydroxyl groups is 1. The van der Waals surface area contributed by atoms with E-state index in [1.54, 1.807) is 36.4 Å². The Morgan fingerprint density at radius 2 is 2.00 bits per heavy atom. The first kappa shape index (κ1) is 17.2. The van der Waals surface area contributed by atoms with E-state index >= 15 is 0 Å². The van der Waals surface area contributed by atoms with Gasteiger partial charge in [0.15, 0.2) is 11.4 Å². The predicted octanol–water partition coefficient (Wildman–Crippen LogP) is 2.99. The van der Waals surface area contributed by atoms with Gasteiger partial charge in [0.2, 0.25) is 0 Å². The van der Waals surface area contributed by atoms with Crippen molar-refractivity contribution in [1.82, 2.24) is 10.3 Å². The van der Waals surface area contributed by atoms with Crippen LogP contribution in [0.4, 0.5) is 0 Å². The van der Waals surface area contributed by atoms with Gasteiger partial charge in [-0.25, -0.2) is 4.98 Å². The molecule has 0 aliphatic heterocycles. The molecule has 0 aliphatic rings. The molecule has 2 aromatic rings. The van der Waals surface area contributed by atoms with Gasteiger partial charge in [-0.05, 0) is 43.7 Å². The van der Waals surface area contributed by atoms with E-state index in [1.807, 2.05) is 13.8 Å². The molecular weight excluding hydrogens is 316 g/mol. The van der Waals surface area contributed by atoms with Crippen molar-refractivity contribution in [2.45, 2.75) is 26.1 Å². The normalized spacial score (nSPS) is 12.0. The van der Waals surface area contributed by atoms with Gasteiger partial charge in [0, 0.05) is 17.8 Å². The lowest BCUT2D eigenvalue weighted by molar-refractivity contribution is 0.0905. The van der Waals surface area contributed by atoms with Crippen LogP contribution >= 0.6 is 11.6 Å². The van der Waals surface area contributed by atoms with Gasteiger partial charge in [-0.3, -0.25) is 4.79 Å². The lowest BCUT2D eigenvalue weighted by atomic mass is 10.1. The number of pyridine rings is 1. The number of aliphatic hydroxyl groups excluding tert-OH is 1. The molecule has 23 heavy (non-hydrogen) atoms. The van der Waals surface area contributed by atoms with Crippen molar-refractivity contribution in [2.24, 2.45) is 0 Å². The van der Waals surface area contributed by atoms with Gasteiger partial charge < -0.3 is 15.2 Å². The Balaban J connectivity index is 2.01. The third-order valence-electron chi connectivity index (χ3n) is 3.06. The van der Waals surface area contributed by atoms with E-state index in [1.165, 1.54) is 6.20 Å². The first-order valence-corrected chi connectivity index (χ1v) is 7.68. The molecule has 0 fully saturated rings. The van der Waals surface area contributed by atoms with E-state index in [-0.39, 0.29) is 18.3 Å². The number of amides is 1. The van der Waals surface area contributed by atoms with Crippen LogP contribution in [-0.4, -0.2) is 28.6 Å². The summed E-state index contributed by atoms with van der Waals surface area (Å²) in [5.74, 6) is 0.0234. The summed E-state index contributed by atoms with van der Waals surface area (Å²) in [6.45, 7) is 3.82. The number of ether oxygens (including phenoxy) is 1. The molecule has 6 heteroatoms. The SMILES string of the molecule is CC(C)Oc1cccnc1C(=O)NCC(O)c1ccc(Cl)cc1. The van der Waals surface area contributed by atoms with E-state index in [2.05, 4.69) is 10.3 Å². The summed E-state index contributed by atoms with van der Waals surface area (Å²) in [6.07, 6.45) is 0.636. The minimum absolute atomic E-state index is 0.0644. The second kappa shape index (κ2) is 7.94. The Hall–Kier alpha value is -2.11. The van der Waals surface area contributed by atoms with E-state index in [0.717, 1.165) is 0 Å². The zero-order chi connectivity index (χ0) is 16.8. The van der Waals surface area contributed by atoms with Crippen LogP contribution in [0.5, 0.6) is 5.75 Å². The van der Waals surface area contributed by atoms with Crippen molar-refractivity contribution in [3.8, 4) is 5.75 Å². The highest BCUT2D eigenvalue weighted by Crippen LogP contribution is 2.18. The van der Waals surface area contributed by atoms with Crippen LogP contribution in [0.25, 0.3) is 0 Å². The van der Waals surface area contributed by atoms with Gasteiger partial charge in [-0.15, -0.1) is 0 Å². The van der Waals surface area contributed by atoms with Gasteiger partial charge in [-0.2, -0.15) is 0 Å². The summed E-state index contributed by atoms with van der Waals surface area (Å²) in [7, 11) is 0. The standard InChI is InChI=1S/C17H19ClN2O3/c1-11(2)23-15-4-3-9-19-16(15)17(22)20-10-14(21)12-5-7-13(18)8-6-12/h3-9,11,14,21H,10H2,1-2H3,(H,20,22). The molecule has 1 aromatic heterocycles. The highest BCUT2D eigenvalue weighted by atomic mass is 35.5. The number of hydrogen-bond donors (Lipinski definition) is 2. The Labute approximate surface area is 140 Å². The minimum Gasteiger partial charge on any atom is -0.489 e. The predicted molar refractivity (Wildman–Crippen MR) is 88.7 cm³/mol. The van der Waals surface area contributed by atoms with Crippen molar-refractivity contribution in [2.75, 3.05) is 6.54 Å². The molecule has 0 bridgehead atoms. The zero-order valence-corrected chi connectivity index (χ0v) is 13.7. The topological polar surface area (TPSA) is 71.5 Å². The molecule has 2 N–H and O–H groups in total. The molecule has 0 aliphatic carbocycles. The maximum absolute atomic E-state index is 12.3. The maximum atomic E-state index is 12.3. The molecule has 1 atom stereocenters. The summed E-state index contributed by atoms with van der Waals surface area (Å²) in [5.41, 5.74) is 0.874. The van der Waals surface area contributed by atoms with Crippen molar-refractivity contribution in [3.63, 3.8) is 0 Å².